The SMILES string of the molecule is COc1ccc2c(c1)CCC(S(=O)C(C)(C)C)C2N. The van der Waals surface area contributed by atoms with Crippen LogP contribution in [-0.2, 0) is 17.2 Å². The summed E-state index contributed by atoms with van der Waals surface area (Å²) < 4.78 is 17.6. The molecule has 1 aromatic rings. The number of nitrogens with two attached hydrogens (primary N) is 1. The van der Waals surface area contributed by atoms with Gasteiger partial charge in [-0.2, -0.15) is 0 Å². The lowest BCUT2D eigenvalue weighted by Gasteiger charge is -2.34. The van der Waals surface area contributed by atoms with Gasteiger partial charge in [0, 0.05) is 21.6 Å². The molecule has 0 heterocycles. The Bertz CT molecular complexity index is 493. The molecule has 3 nitrogen and oxygen atoms in total. The van der Waals surface area contributed by atoms with E-state index in [4.69, 9.17) is 10.5 Å². The largest absolute Gasteiger partial charge is 0.497 e. The molecule has 0 amide bonds. The van der Waals surface area contributed by atoms with Crippen LogP contribution < -0.4 is 10.5 Å². The first kappa shape index (κ1) is 14.5. The number of aryl methyl sites for hydroxylation is 1. The molecule has 1 aliphatic rings. The maximum atomic E-state index is 12.6. The number of hydrogen-bond donors (Lipinski definition) is 1. The standard InChI is InChI=1S/C15H23NO2S/c1-15(2,3)19(17)13-8-5-10-9-11(18-4)6-7-12(10)14(13)16/h6-7,9,13-14H,5,8,16H2,1-4H3. The van der Waals surface area contributed by atoms with Gasteiger partial charge >= 0.3 is 0 Å². The number of methoxy groups -OCH3 is 1. The van der Waals surface area contributed by atoms with E-state index in [1.807, 2.05) is 39.0 Å². The van der Waals surface area contributed by atoms with Crippen LogP contribution in [0.2, 0.25) is 0 Å². The summed E-state index contributed by atoms with van der Waals surface area (Å²) >= 11 is 0. The zero-order valence-corrected chi connectivity index (χ0v) is 12.9. The van der Waals surface area contributed by atoms with Gasteiger partial charge < -0.3 is 10.5 Å². The molecule has 3 atom stereocenters. The molecule has 1 aliphatic carbocycles. The molecule has 19 heavy (non-hydrogen) atoms. The number of rotatable bonds is 2. The van der Waals surface area contributed by atoms with Gasteiger partial charge in [-0.25, -0.2) is 0 Å². The Morgan fingerprint density at radius 3 is 2.63 bits per heavy atom. The van der Waals surface area contributed by atoms with Crippen LogP contribution in [0.25, 0.3) is 0 Å². The maximum Gasteiger partial charge on any atom is 0.119 e. The predicted molar refractivity (Wildman–Crippen MR) is 79.9 cm³/mol. The first-order valence-corrected chi connectivity index (χ1v) is 7.89. The Hall–Kier alpha value is -0.870. The lowest BCUT2D eigenvalue weighted by Crippen LogP contribution is -2.41. The van der Waals surface area contributed by atoms with Crippen molar-refractivity contribution in [2.24, 2.45) is 5.73 Å². The van der Waals surface area contributed by atoms with Crippen LogP contribution in [0.15, 0.2) is 18.2 Å². The Morgan fingerprint density at radius 1 is 1.37 bits per heavy atom. The first-order chi connectivity index (χ1) is 8.84. The molecule has 0 aromatic heterocycles. The topological polar surface area (TPSA) is 52.3 Å². The highest BCUT2D eigenvalue weighted by Crippen LogP contribution is 2.35. The minimum Gasteiger partial charge on any atom is -0.497 e. The van der Waals surface area contributed by atoms with Crippen molar-refractivity contribution in [2.45, 2.75) is 49.7 Å². The van der Waals surface area contributed by atoms with E-state index >= 15 is 0 Å². The molecule has 0 aliphatic heterocycles. The summed E-state index contributed by atoms with van der Waals surface area (Å²) in [5.74, 6) is 0.862. The summed E-state index contributed by atoms with van der Waals surface area (Å²) in [6, 6.07) is 5.85. The van der Waals surface area contributed by atoms with Crippen LogP contribution in [-0.4, -0.2) is 21.3 Å². The third kappa shape index (κ3) is 2.84. The summed E-state index contributed by atoms with van der Waals surface area (Å²) in [6.07, 6.45) is 1.80. The molecule has 0 saturated carbocycles. The van der Waals surface area contributed by atoms with Gasteiger partial charge in [-0.15, -0.1) is 0 Å². The summed E-state index contributed by atoms with van der Waals surface area (Å²) in [6.45, 7) is 6.04. The maximum absolute atomic E-state index is 12.6. The second-order valence-corrected chi connectivity index (χ2v) is 8.50. The zero-order chi connectivity index (χ0) is 14.2. The molecule has 0 radical (unpaired) electrons. The Labute approximate surface area is 118 Å². The average molecular weight is 281 g/mol. The van der Waals surface area contributed by atoms with Gasteiger partial charge in [0.25, 0.3) is 0 Å². The number of benzene rings is 1. The van der Waals surface area contributed by atoms with Crippen molar-refractivity contribution in [1.82, 2.24) is 0 Å². The normalized spacial score (nSPS) is 24.7. The second-order valence-electron chi connectivity index (χ2n) is 6.08. The fourth-order valence-corrected chi connectivity index (χ4v) is 4.28. The first-order valence-electron chi connectivity index (χ1n) is 6.67. The fourth-order valence-electron chi connectivity index (χ4n) is 2.62. The fraction of sp³-hybridized carbons (Fsp3) is 0.600. The molecule has 2 rings (SSSR count). The number of hydrogen-bond acceptors (Lipinski definition) is 3. The van der Waals surface area contributed by atoms with Gasteiger partial charge in [-0.1, -0.05) is 6.07 Å². The van der Waals surface area contributed by atoms with Gasteiger partial charge in [0.1, 0.15) is 5.75 Å². The van der Waals surface area contributed by atoms with Crippen molar-refractivity contribution in [3.05, 3.63) is 29.3 Å². The van der Waals surface area contributed by atoms with Crippen LogP contribution in [0.3, 0.4) is 0 Å². The summed E-state index contributed by atoms with van der Waals surface area (Å²) in [4.78, 5) is 0. The molecule has 106 valence electrons. The van der Waals surface area contributed by atoms with E-state index in [0.717, 1.165) is 24.2 Å². The molecule has 0 bridgehead atoms. The number of ether oxygens (including phenoxy) is 1. The molecule has 3 unspecified atom stereocenters. The van der Waals surface area contributed by atoms with E-state index in [1.165, 1.54) is 5.56 Å². The molecule has 2 N–H and O–H groups in total. The quantitative estimate of drug-likeness (QED) is 0.906. The third-order valence-electron chi connectivity index (χ3n) is 3.69. The molecular formula is C15H23NO2S. The highest BCUT2D eigenvalue weighted by atomic mass is 32.2. The third-order valence-corrected chi connectivity index (χ3v) is 5.97. The van der Waals surface area contributed by atoms with Crippen molar-refractivity contribution in [3.8, 4) is 5.75 Å². The van der Waals surface area contributed by atoms with E-state index in [9.17, 15) is 4.21 Å². The van der Waals surface area contributed by atoms with Gasteiger partial charge in [-0.05, 0) is 56.9 Å². The van der Waals surface area contributed by atoms with Crippen LogP contribution >= 0.6 is 0 Å². The Morgan fingerprint density at radius 2 is 2.05 bits per heavy atom. The van der Waals surface area contributed by atoms with Crippen LogP contribution in [0.1, 0.15) is 44.4 Å². The van der Waals surface area contributed by atoms with E-state index in [0.29, 0.717) is 0 Å². The number of fused-ring (bicyclic) bond motifs is 1. The zero-order valence-electron chi connectivity index (χ0n) is 12.1. The monoisotopic (exact) mass is 281 g/mol. The van der Waals surface area contributed by atoms with Gasteiger partial charge in [0.05, 0.1) is 12.4 Å². The summed E-state index contributed by atoms with van der Waals surface area (Å²) in [7, 11) is 0.744. The molecule has 0 spiro atoms. The lowest BCUT2D eigenvalue weighted by atomic mass is 9.87. The summed E-state index contributed by atoms with van der Waals surface area (Å²) in [5.41, 5.74) is 8.70. The van der Waals surface area contributed by atoms with E-state index < -0.39 is 10.8 Å². The molecule has 0 fully saturated rings. The second kappa shape index (κ2) is 5.25. The smallest absolute Gasteiger partial charge is 0.119 e. The highest BCUT2D eigenvalue weighted by molar-refractivity contribution is 7.87. The van der Waals surface area contributed by atoms with Gasteiger partial charge in [-0.3, -0.25) is 4.21 Å². The van der Waals surface area contributed by atoms with E-state index in [-0.39, 0.29) is 16.0 Å². The van der Waals surface area contributed by atoms with Crippen molar-refractivity contribution < 1.29 is 8.95 Å². The predicted octanol–water partition coefficient (Wildman–Crippen LogP) is 2.56. The minimum absolute atomic E-state index is 0.0425. The van der Waals surface area contributed by atoms with Crippen LogP contribution in [0.5, 0.6) is 5.75 Å². The highest BCUT2D eigenvalue weighted by Gasteiger charge is 2.36. The van der Waals surface area contributed by atoms with Crippen LogP contribution in [0.4, 0.5) is 0 Å². The van der Waals surface area contributed by atoms with Crippen molar-refractivity contribution in [1.29, 1.82) is 0 Å². The van der Waals surface area contributed by atoms with E-state index in [1.54, 1.807) is 7.11 Å². The molecular weight excluding hydrogens is 258 g/mol. The van der Waals surface area contributed by atoms with E-state index in [2.05, 4.69) is 0 Å². The minimum atomic E-state index is -0.925. The van der Waals surface area contributed by atoms with Crippen molar-refractivity contribution in [3.63, 3.8) is 0 Å². The van der Waals surface area contributed by atoms with Gasteiger partial charge in [0.2, 0.25) is 0 Å². The molecule has 0 saturated heterocycles. The average Bonchev–Trinajstić information content (AvgIpc) is 2.37. The van der Waals surface area contributed by atoms with Crippen LogP contribution in [0, 0.1) is 0 Å². The molecule has 4 heteroatoms. The Kier molecular flexibility index (Phi) is 4.02. The summed E-state index contributed by atoms with van der Waals surface area (Å²) in [5, 5.41) is 0.0425. The lowest BCUT2D eigenvalue weighted by molar-refractivity contribution is 0.413. The van der Waals surface area contributed by atoms with Gasteiger partial charge in [0.15, 0.2) is 0 Å². The Balaban J connectivity index is 2.30. The van der Waals surface area contributed by atoms with Crippen molar-refractivity contribution >= 4 is 10.8 Å². The van der Waals surface area contributed by atoms with Crippen molar-refractivity contribution in [2.75, 3.05) is 7.11 Å². The molecule has 1 aromatic carbocycles.